The van der Waals surface area contributed by atoms with Crippen molar-refractivity contribution in [1.29, 1.82) is 0 Å². The van der Waals surface area contributed by atoms with Crippen LogP contribution in [0.4, 0.5) is 21.5 Å². The number of nitro groups is 1. The highest BCUT2D eigenvalue weighted by atomic mass is 32.2. The molecular formula is C16H10FN3O4S. The first-order chi connectivity index (χ1) is 11.9. The van der Waals surface area contributed by atoms with Crippen molar-refractivity contribution in [1.82, 2.24) is 0 Å². The van der Waals surface area contributed by atoms with Gasteiger partial charge in [0.2, 0.25) is 10.8 Å². The molecule has 4 rings (SSSR count). The zero-order valence-electron chi connectivity index (χ0n) is 12.6. The van der Waals surface area contributed by atoms with Gasteiger partial charge in [0.25, 0.3) is 11.6 Å². The van der Waals surface area contributed by atoms with Crippen LogP contribution in [-0.2, 0) is 14.5 Å². The monoisotopic (exact) mass is 359 g/mol. The second-order valence-corrected chi connectivity index (χ2v) is 6.75. The quantitative estimate of drug-likeness (QED) is 0.657. The van der Waals surface area contributed by atoms with Crippen molar-refractivity contribution < 1.29 is 18.9 Å². The fourth-order valence-electron chi connectivity index (χ4n) is 3.12. The van der Waals surface area contributed by atoms with Gasteiger partial charge in [-0.1, -0.05) is 0 Å². The first-order valence-corrected chi connectivity index (χ1v) is 8.25. The Hall–Kier alpha value is -2.94. The van der Waals surface area contributed by atoms with E-state index in [1.165, 1.54) is 47.4 Å². The van der Waals surface area contributed by atoms with Crippen LogP contribution in [-0.4, -0.2) is 22.5 Å². The zero-order chi connectivity index (χ0) is 17.8. The van der Waals surface area contributed by atoms with Crippen molar-refractivity contribution in [3.63, 3.8) is 0 Å². The number of thioether (sulfide) groups is 1. The summed E-state index contributed by atoms with van der Waals surface area (Å²) in [6.45, 7) is 0. The van der Waals surface area contributed by atoms with Crippen LogP contribution >= 0.6 is 11.8 Å². The number of rotatable bonds is 2. The van der Waals surface area contributed by atoms with Crippen LogP contribution in [0.5, 0.6) is 0 Å². The molecule has 0 aromatic heterocycles. The third-order valence-electron chi connectivity index (χ3n) is 4.19. The van der Waals surface area contributed by atoms with Gasteiger partial charge in [0.1, 0.15) is 5.82 Å². The minimum atomic E-state index is -1.43. The van der Waals surface area contributed by atoms with E-state index in [1.807, 2.05) is 0 Å². The van der Waals surface area contributed by atoms with Crippen molar-refractivity contribution in [2.45, 2.75) is 4.87 Å². The summed E-state index contributed by atoms with van der Waals surface area (Å²) in [7, 11) is 0. The number of anilines is 2. The fourth-order valence-corrected chi connectivity index (χ4v) is 4.42. The Kier molecular flexibility index (Phi) is 3.29. The molecule has 0 bridgehead atoms. The first-order valence-electron chi connectivity index (χ1n) is 7.26. The third kappa shape index (κ3) is 2.12. The van der Waals surface area contributed by atoms with E-state index >= 15 is 0 Å². The molecule has 126 valence electrons. The molecule has 2 aromatic rings. The van der Waals surface area contributed by atoms with Crippen molar-refractivity contribution in [2.75, 3.05) is 16.0 Å². The Morgan fingerprint density at radius 1 is 1.20 bits per heavy atom. The number of carbonyl (C=O) groups is 2. The second kappa shape index (κ2) is 5.28. The van der Waals surface area contributed by atoms with Crippen LogP contribution in [0.25, 0.3) is 0 Å². The molecule has 1 N–H and O–H groups in total. The predicted octanol–water partition coefficient (Wildman–Crippen LogP) is 2.62. The van der Waals surface area contributed by atoms with E-state index in [-0.39, 0.29) is 17.3 Å². The molecule has 2 amide bonds. The average molecular weight is 359 g/mol. The second-order valence-electron chi connectivity index (χ2n) is 5.58. The van der Waals surface area contributed by atoms with Crippen LogP contribution in [0.1, 0.15) is 5.56 Å². The summed E-state index contributed by atoms with van der Waals surface area (Å²) < 4.78 is 13.2. The van der Waals surface area contributed by atoms with Gasteiger partial charge in [-0.3, -0.25) is 24.6 Å². The number of hydrogen-bond donors (Lipinski definition) is 1. The Labute approximate surface area is 145 Å². The van der Waals surface area contributed by atoms with Gasteiger partial charge in [-0.15, -0.1) is 11.8 Å². The van der Waals surface area contributed by atoms with Gasteiger partial charge in [-0.2, -0.15) is 0 Å². The number of benzene rings is 2. The van der Waals surface area contributed by atoms with E-state index in [0.29, 0.717) is 16.9 Å². The molecule has 0 radical (unpaired) electrons. The molecule has 1 saturated heterocycles. The molecule has 0 saturated carbocycles. The highest BCUT2D eigenvalue weighted by molar-refractivity contribution is 8.02. The molecule has 2 aromatic carbocycles. The van der Waals surface area contributed by atoms with Gasteiger partial charge >= 0.3 is 0 Å². The summed E-state index contributed by atoms with van der Waals surface area (Å²) >= 11 is 1.09. The van der Waals surface area contributed by atoms with Crippen LogP contribution in [0.15, 0.2) is 42.5 Å². The number of amides is 2. The minimum absolute atomic E-state index is 0.0347. The largest absolute Gasteiger partial charge is 0.323 e. The zero-order valence-corrected chi connectivity index (χ0v) is 13.4. The van der Waals surface area contributed by atoms with E-state index < -0.39 is 21.5 Å². The topological polar surface area (TPSA) is 92.5 Å². The first kappa shape index (κ1) is 15.6. The molecule has 0 aliphatic carbocycles. The molecule has 1 spiro atoms. The van der Waals surface area contributed by atoms with Crippen LogP contribution in [0.3, 0.4) is 0 Å². The Morgan fingerprint density at radius 2 is 1.92 bits per heavy atom. The molecule has 9 heteroatoms. The summed E-state index contributed by atoms with van der Waals surface area (Å²) in [4.78, 5) is 35.7. The third-order valence-corrected chi connectivity index (χ3v) is 5.59. The van der Waals surface area contributed by atoms with Gasteiger partial charge in [0, 0.05) is 29.1 Å². The van der Waals surface area contributed by atoms with Crippen molar-refractivity contribution in [2.24, 2.45) is 0 Å². The maximum absolute atomic E-state index is 13.2. The Morgan fingerprint density at radius 3 is 2.60 bits per heavy atom. The minimum Gasteiger partial charge on any atom is -0.323 e. The van der Waals surface area contributed by atoms with E-state index in [4.69, 9.17) is 0 Å². The number of carbonyl (C=O) groups excluding carboxylic acids is 2. The molecule has 25 heavy (non-hydrogen) atoms. The average Bonchev–Trinajstić information content (AvgIpc) is 3.07. The number of nitro benzene ring substituents is 1. The number of non-ortho nitro benzene ring substituents is 1. The lowest BCUT2D eigenvalue weighted by atomic mass is 10.0. The Bertz CT molecular complexity index is 933. The van der Waals surface area contributed by atoms with E-state index in [9.17, 15) is 24.1 Å². The SMILES string of the molecule is O=C1CSC2(C(=O)Nc3ccc([N+](=O)[O-])cc32)N1c1ccc(F)cc1. The lowest BCUT2D eigenvalue weighted by molar-refractivity contribution is -0.384. The summed E-state index contributed by atoms with van der Waals surface area (Å²) in [6, 6.07) is 9.25. The highest BCUT2D eigenvalue weighted by Crippen LogP contribution is 2.54. The number of hydrogen-bond acceptors (Lipinski definition) is 5. The lowest BCUT2D eigenvalue weighted by Gasteiger charge is -2.32. The van der Waals surface area contributed by atoms with Crippen LogP contribution in [0, 0.1) is 15.9 Å². The maximum Gasteiger partial charge on any atom is 0.269 e. The summed E-state index contributed by atoms with van der Waals surface area (Å²) in [5.74, 6) is -1.22. The molecule has 1 unspecified atom stereocenters. The number of nitrogens with zero attached hydrogens (tertiary/aromatic N) is 2. The summed E-state index contributed by atoms with van der Waals surface area (Å²) in [6.07, 6.45) is 0. The maximum atomic E-state index is 13.2. The van der Waals surface area contributed by atoms with Crippen molar-refractivity contribution >= 4 is 40.6 Å². The van der Waals surface area contributed by atoms with E-state index in [2.05, 4.69) is 5.32 Å². The smallest absolute Gasteiger partial charge is 0.269 e. The van der Waals surface area contributed by atoms with Gasteiger partial charge in [-0.25, -0.2) is 4.39 Å². The van der Waals surface area contributed by atoms with Gasteiger partial charge in [0.05, 0.1) is 10.7 Å². The van der Waals surface area contributed by atoms with Crippen molar-refractivity contribution in [3.05, 3.63) is 64.0 Å². The normalized spacial score (nSPS) is 21.6. The number of halogens is 1. The van der Waals surface area contributed by atoms with Crippen molar-refractivity contribution in [3.8, 4) is 0 Å². The molecule has 7 nitrogen and oxygen atoms in total. The lowest BCUT2D eigenvalue weighted by Crippen LogP contribution is -2.47. The molecular weight excluding hydrogens is 349 g/mol. The van der Waals surface area contributed by atoms with Gasteiger partial charge in [0.15, 0.2) is 0 Å². The van der Waals surface area contributed by atoms with Crippen LogP contribution in [0.2, 0.25) is 0 Å². The summed E-state index contributed by atoms with van der Waals surface area (Å²) in [5, 5.41) is 13.8. The number of nitrogens with one attached hydrogen (secondary N) is 1. The number of fused-ring (bicyclic) bond motifs is 2. The molecule has 1 atom stereocenters. The molecule has 2 heterocycles. The standard InChI is InChI=1S/C16H10FN3O4S/c17-9-1-3-10(4-2-9)19-14(21)8-25-16(19)12-7-11(20(23)24)5-6-13(12)18-15(16)22/h1-7H,8H2,(H,18,22). The summed E-state index contributed by atoms with van der Waals surface area (Å²) in [5.41, 5.74) is 0.955. The van der Waals surface area contributed by atoms with E-state index in [0.717, 1.165) is 11.8 Å². The van der Waals surface area contributed by atoms with Gasteiger partial charge in [-0.05, 0) is 30.3 Å². The predicted molar refractivity (Wildman–Crippen MR) is 89.7 cm³/mol. The fraction of sp³-hybridized carbons (Fsp3) is 0.125. The van der Waals surface area contributed by atoms with E-state index in [1.54, 1.807) is 0 Å². The molecule has 1 fully saturated rings. The Balaban J connectivity index is 1.92. The molecule has 2 aliphatic rings. The van der Waals surface area contributed by atoms with Crippen LogP contribution < -0.4 is 10.2 Å². The van der Waals surface area contributed by atoms with Gasteiger partial charge < -0.3 is 5.32 Å². The highest BCUT2D eigenvalue weighted by Gasteiger charge is 2.58. The molecule has 2 aliphatic heterocycles.